The molecule has 3 heterocycles. The van der Waals surface area contributed by atoms with E-state index in [0.717, 1.165) is 5.16 Å². The molecule has 0 radical (unpaired) electrons. The van der Waals surface area contributed by atoms with E-state index in [-0.39, 0.29) is 17.0 Å². The van der Waals surface area contributed by atoms with E-state index in [1.165, 1.54) is 11.8 Å². The Hall–Kier alpha value is -0.0800. The molecule has 1 aromatic rings. The third-order valence-corrected chi connectivity index (χ3v) is 8.01. The van der Waals surface area contributed by atoms with E-state index in [2.05, 4.69) is 26.1 Å². The summed E-state index contributed by atoms with van der Waals surface area (Å²) >= 11 is 4.74. The van der Waals surface area contributed by atoms with Gasteiger partial charge in [-0.15, -0.1) is 10.2 Å². The molecular weight excluding hydrogens is 290 g/mol. The highest BCUT2D eigenvalue weighted by molar-refractivity contribution is 9.11. The van der Waals surface area contributed by atoms with E-state index < -0.39 is 14.0 Å². The molecule has 0 saturated carbocycles. The molecule has 5 nitrogen and oxygen atoms in total. The number of fused-ring (bicyclic) bond motifs is 3. The standard InChI is InChI=1S/C6H6BrN3O2S2/c7-5-4-3(1-14(5,11)12)13-6-9-8-2-10(4)6/h2-5H,1H2/t3-,4-,5-/m0/s1. The van der Waals surface area contributed by atoms with Crippen molar-refractivity contribution in [2.24, 2.45) is 0 Å². The minimum Gasteiger partial charge on any atom is -0.302 e. The predicted octanol–water partition coefficient (Wildman–Crippen LogP) is 0.443. The minimum absolute atomic E-state index is 0.0463. The Morgan fingerprint density at radius 2 is 2.43 bits per heavy atom. The average Bonchev–Trinajstić information content (AvgIpc) is 2.65. The molecule has 8 heteroatoms. The molecule has 3 rings (SSSR count). The van der Waals surface area contributed by atoms with Crippen LogP contribution in [-0.4, -0.2) is 38.3 Å². The van der Waals surface area contributed by atoms with Gasteiger partial charge in [0, 0.05) is 5.25 Å². The van der Waals surface area contributed by atoms with Gasteiger partial charge in [-0.25, -0.2) is 8.42 Å². The fourth-order valence-electron chi connectivity index (χ4n) is 1.87. The third kappa shape index (κ3) is 1.04. The van der Waals surface area contributed by atoms with Gasteiger partial charge in [0.25, 0.3) is 0 Å². The topological polar surface area (TPSA) is 64.8 Å². The van der Waals surface area contributed by atoms with Gasteiger partial charge in [0.2, 0.25) is 0 Å². The fraction of sp³-hybridized carbons (Fsp3) is 0.667. The fourth-order valence-corrected chi connectivity index (χ4v) is 6.76. The molecule has 0 bridgehead atoms. The molecule has 1 saturated heterocycles. The van der Waals surface area contributed by atoms with Crippen LogP contribution in [-0.2, 0) is 9.84 Å². The molecule has 0 aromatic carbocycles. The number of halogens is 1. The van der Waals surface area contributed by atoms with Crippen LogP contribution in [0.15, 0.2) is 11.5 Å². The van der Waals surface area contributed by atoms with Crippen molar-refractivity contribution < 1.29 is 8.42 Å². The van der Waals surface area contributed by atoms with Gasteiger partial charge in [-0.05, 0) is 0 Å². The number of nitrogens with zero attached hydrogens (tertiary/aromatic N) is 3. The lowest BCUT2D eigenvalue weighted by Crippen LogP contribution is -2.18. The van der Waals surface area contributed by atoms with Crippen LogP contribution >= 0.6 is 27.7 Å². The number of hydrogen-bond acceptors (Lipinski definition) is 5. The van der Waals surface area contributed by atoms with E-state index in [0.29, 0.717) is 0 Å². The highest BCUT2D eigenvalue weighted by Crippen LogP contribution is 2.49. The Labute approximate surface area is 93.3 Å². The first-order valence-corrected chi connectivity index (χ1v) is 7.52. The van der Waals surface area contributed by atoms with Crippen LogP contribution in [0.5, 0.6) is 0 Å². The van der Waals surface area contributed by atoms with Crippen LogP contribution in [0.1, 0.15) is 6.04 Å². The highest BCUT2D eigenvalue weighted by atomic mass is 79.9. The molecule has 3 atom stereocenters. The second kappa shape index (κ2) is 2.73. The maximum Gasteiger partial charge on any atom is 0.191 e. The zero-order valence-electron chi connectivity index (χ0n) is 6.87. The average molecular weight is 296 g/mol. The molecule has 76 valence electrons. The van der Waals surface area contributed by atoms with Gasteiger partial charge in [0.1, 0.15) is 10.5 Å². The lowest BCUT2D eigenvalue weighted by atomic mass is 10.2. The van der Waals surface area contributed by atoms with Crippen LogP contribution in [0.3, 0.4) is 0 Å². The summed E-state index contributed by atoms with van der Waals surface area (Å²) in [6.07, 6.45) is 1.60. The lowest BCUT2D eigenvalue weighted by molar-refractivity contribution is 0.537. The largest absolute Gasteiger partial charge is 0.302 e. The van der Waals surface area contributed by atoms with Gasteiger partial charge in [0.05, 0.1) is 11.8 Å². The van der Waals surface area contributed by atoms with Crippen LogP contribution < -0.4 is 0 Å². The second-order valence-corrected chi connectivity index (χ2v) is 8.31. The van der Waals surface area contributed by atoms with E-state index in [4.69, 9.17) is 0 Å². The van der Waals surface area contributed by atoms with Crippen molar-refractivity contribution in [2.45, 2.75) is 20.6 Å². The SMILES string of the molecule is O=S1(=O)C[C@@H]2Sc3nncn3[C@@H]2[C@H]1Br. The Balaban J connectivity index is 2.12. The zero-order valence-corrected chi connectivity index (χ0v) is 10.1. The van der Waals surface area contributed by atoms with Crippen molar-refractivity contribution in [3.05, 3.63) is 6.33 Å². The molecule has 0 unspecified atom stereocenters. The number of thioether (sulfide) groups is 1. The van der Waals surface area contributed by atoms with Gasteiger partial charge < -0.3 is 4.57 Å². The maximum absolute atomic E-state index is 11.6. The molecule has 1 fully saturated rings. The summed E-state index contributed by atoms with van der Waals surface area (Å²) in [4.78, 5) is 0. The van der Waals surface area contributed by atoms with Gasteiger partial charge in [-0.2, -0.15) is 0 Å². The lowest BCUT2D eigenvalue weighted by Gasteiger charge is -2.11. The van der Waals surface area contributed by atoms with E-state index in [9.17, 15) is 8.42 Å². The number of alkyl halides is 1. The minimum atomic E-state index is -2.99. The van der Waals surface area contributed by atoms with Gasteiger partial charge >= 0.3 is 0 Å². The molecule has 2 aliphatic heterocycles. The van der Waals surface area contributed by atoms with Crippen LogP contribution in [0.25, 0.3) is 0 Å². The predicted molar refractivity (Wildman–Crippen MR) is 55.2 cm³/mol. The summed E-state index contributed by atoms with van der Waals surface area (Å²) in [5.74, 6) is 0.224. The van der Waals surface area contributed by atoms with Crippen LogP contribution in [0.2, 0.25) is 0 Å². The smallest absolute Gasteiger partial charge is 0.191 e. The Bertz CT molecular complexity index is 485. The first-order valence-electron chi connectivity index (χ1n) is 4.01. The monoisotopic (exact) mass is 295 g/mol. The highest BCUT2D eigenvalue weighted by Gasteiger charge is 2.51. The van der Waals surface area contributed by atoms with Crippen molar-refractivity contribution in [1.29, 1.82) is 0 Å². The van der Waals surface area contributed by atoms with Gasteiger partial charge in [-0.3, -0.25) is 0 Å². The van der Waals surface area contributed by atoms with Crippen LogP contribution in [0.4, 0.5) is 0 Å². The van der Waals surface area contributed by atoms with Gasteiger partial charge in [-0.1, -0.05) is 27.7 Å². The Kier molecular flexibility index (Phi) is 1.79. The maximum atomic E-state index is 11.6. The van der Waals surface area contributed by atoms with Crippen molar-refractivity contribution in [3.8, 4) is 0 Å². The summed E-state index contributed by atoms with van der Waals surface area (Å²) in [5, 5.41) is 8.60. The zero-order chi connectivity index (χ0) is 9.92. The first kappa shape index (κ1) is 9.17. The van der Waals surface area contributed by atoms with E-state index in [1.54, 1.807) is 6.33 Å². The molecule has 2 aliphatic rings. The van der Waals surface area contributed by atoms with Crippen molar-refractivity contribution >= 4 is 37.5 Å². The third-order valence-electron chi connectivity index (χ3n) is 2.51. The van der Waals surface area contributed by atoms with Crippen LogP contribution in [0, 0.1) is 0 Å². The number of sulfone groups is 1. The molecule has 0 spiro atoms. The summed E-state index contributed by atoms with van der Waals surface area (Å²) in [7, 11) is -2.99. The van der Waals surface area contributed by atoms with Crippen molar-refractivity contribution in [2.75, 3.05) is 5.75 Å². The number of aromatic nitrogens is 3. The quantitative estimate of drug-likeness (QED) is 0.650. The summed E-state index contributed by atoms with van der Waals surface area (Å²) in [6.45, 7) is 0. The molecule has 0 amide bonds. The summed E-state index contributed by atoms with van der Waals surface area (Å²) in [5.41, 5.74) is 0. The molecular formula is C6H6BrN3O2S2. The molecule has 14 heavy (non-hydrogen) atoms. The summed E-state index contributed by atoms with van der Waals surface area (Å²) in [6, 6.07) is -0.0463. The summed E-state index contributed by atoms with van der Waals surface area (Å²) < 4.78 is 24.5. The first-order chi connectivity index (χ1) is 6.59. The van der Waals surface area contributed by atoms with E-state index in [1.807, 2.05) is 4.57 Å². The molecule has 0 N–H and O–H groups in total. The Morgan fingerprint density at radius 3 is 3.21 bits per heavy atom. The molecule has 0 aliphatic carbocycles. The normalized spacial score (nSPS) is 38.2. The second-order valence-electron chi connectivity index (χ2n) is 3.35. The van der Waals surface area contributed by atoms with E-state index >= 15 is 0 Å². The Morgan fingerprint density at radius 1 is 1.64 bits per heavy atom. The molecule has 1 aromatic heterocycles. The van der Waals surface area contributed by atoms with Crippen molar-refractivity contribution in [3.63, 3.8) is 0 Å². The number of hydrogen-bond donors (Lipinski definition) is 0. The van der Waals surface area contributed by atoms with Gasteiger partial charge in [0.15, 0.2) is 15.0 Å². The number of rotatable bonds is 0. The van der Waals surface area contributed by atoms with Crippen molar-refractivity contribution in [1.82, 2.24) is 14.8 Å².